The predicted molar refractivity (Wildman–Crippen MR) is 79.8 cm³/mol. The normalized spacial score (nSPS) is 16.2. The van der Waals surface area contributed by atoms with Crippen LogP contribution in [0.3, 0.4) is 0 Å². The molecule has 0 saturated heterocycles. The standard InChI is InChI=1S/C15H19NO3S/c17-12-6-8-13-7-4-5-11-15(13)16-20(18,19)14-9-2-1-3-10-14/h4-5,7,11,14,16-17H,1-3,9-10,12H2. The number of aliphatic hydroxyl groups excluding tert-OH is 1. The van der Waals surface area contributed by atoms with Gasteiger partial charge in [0.25, 0.3) is 0 Å². The summed E-state index contributed by atoms with van der Waals surface area (Å²) in [4.78, 5) is 0. The topological polar surface area (TPSA) is 66.4 Å². The molecule has 1 aromatic carbocycles. The second kappa shape index (κ2) is 6.78. The van der Waals surface area contributed by atoms with Crippen molar-refractivity contribution in [1.82, 2.24) is 0 Å². The highest BCUT2D eigenvalue weighted by molar-refractivity contribution is 7.93. The second-order valence-electron chi connectivity index (χ2n) is 4.91. The zero-order valence-electron chi connectivity index (χ0n) is 11.3. The summed E-state index contributed by atoms with van der Waals surface area (Å²) in [7, 11) is -3.36. The molecule has 2 rings (SSSR count). The van der Waals surface area contributed by atoms with Gasteiger partial charge in [-0.2, -0.15) is 0 Å². The number of aliphatic hydroxyl groups is 1. The van der Waals surface area contributed by atoms with Crippen LogP contribution < -0.4 is 4.72 Å². The number of sulfonamides is 1. The van der Waals surface area contributed by atoms with Crippen molar-refractivity contribution in [2.45, 2.75) is 37.4 Å². The molecule has 5 heteroatoms. The molecule has 0 aromatic heterocycles. The molecule has 0 amide bonds. The van der Waals surface area contributed by atoms with Gasteiger partial charge >= 0.3 is 0 Å². The number of para-hydroxylation sites is 1. The Hall–Kier alpha value is -1.51. The fourth-order valence-electron chi connectivity index (χ4n) is 2.43. The smallest absolute Gasteiger partial charge is 0.235 e. The van der Waals surface area contributed by atoms with Crippen molar-refractivity contribution in [3.8, 4) is 11.8 Å². The van der Waals surface area contributed by atoms with E-state index in [4.69, 9.17) is 5.11 Å². The monoisotopic (exact) mass is 293 g/mol. The second-order valence-corrected chi connectivity index (χ2v) is 6.87. The highest BCUT2D eigenvalue weighted by atomic mass is 32.2. The molecule has 1 fully saturated rings. The Balaban J connectivity index is 2.20. The van der Waals surface area contributed by atoms with E-state index in [-0.39, 0.29) is 11.9 Å². The first-order valence-electron chi connectivity index (χ1n) is 6.84. The van der Waals surface area contributed by atoms with Crippen LogP contribution in [-0.4, -0.2) is 25.4 Å². The summed E-state index contributed by atoms with van der Waals surface area (Å²) in [5.74, 6) is 5.30. The lowest BCUT2D eigenvalue weighted by Gasteiger charge is -2.22. The van der Waals surface area contributed by atoms with Crippen molar-refractivity contribution < 1.29 is 13.5 Å². The third-order valence-electron chi connectivity index (χ3n) is 3.47. The highest BCUT2D eigenvalue weighted by Gasteiger charge is 2.27. The number of hydrogen-bond acceptors (Lipinski definition) is 3. The highest BCUT2D eigenvalue weighted by Crippen LogP contribution is 2.26. The molecule has 0 radical (unpaired) electrons. The number of nitrogens with one attached hydrogen (secondary N) is 1. The van der Waals surface area contributed by atoms with Crippen LogP contribution in [-0.2, 0) is 10.0 Å². The van der Waals surface area contributed by atoms with Crippen LogP contribution in [0, 0.1) is 11.8 Å². The lowest BCUT2D eigenvalue weighted by Crippen LogP contribution is -2.29. The Kier molecular flexibility index (Phi) is 5.05. The first-order chi connectivity index (χ1) is 9.63. The van der Waals surface area contributed by atoms with Gasteiger partial charge in [0.15, 0.2) is 0 Å². The minimum atomic E-state index is -3.36. The average Bonchev–Trinajstić information content (AvgIpc) is 2.47. The Morgan fingerprint density at radius 3 is 2.60 bits per heavy atom. The molecule has 0 atom stereocenters. The zero-order valence-corrected chi connectivity index (χ0v) is 12.1. The van der Waals surface area contributed by atoms with E-state index in [9.17, 15) is 8.42 Å². The maximum atomic E-state index is 12.4. The minimum absolute atomic E-state index is 0.246. The Bertz CT molecular complexity index is 607. The molecule has 20 heavy (non-hydrogen) atoms. The van der Waals surface area contributed by atoms with Gasteiger partial charge in [-0.05, 0) is 25.0 Å². The third kappa shape index (κ3) is 3.75. The molecule has 1 aliphatic carbocycles. The van der Waals surface area contributed by atoms with Crippen LogP contribution >= 0.6 is 0 Å². The van der Waals surface area contributed by atoms with Gasteiger partial charge in [0.05, 0.1) is 10.9 Å². The zero-order chi connectivity index (χ0) is 14.4. The van der Waals surface area contributed by atoms with Crippen LogP contribution in [0.25, 0.3) is 0 Å². The summed E-state index contributed by atoms with van der Waals surface area (Å²) in [6.45, 7) is -0.246. The first-order valence-corrected chi connectivity index (χ1v) is 8.38. The predicted octanol–water partition coefficient (Wildman–Crippen LogP) is 2.10. The third-order valence-corrected chi connectivity index (χ3v) is 5.33. The van der Waals surface area contributed by atoms with Crippen LogP contribution in [0.5, 0.6) is 0 Å². The number of benzene rings is 1. The van der Waals surface area contributed by atoms with Crippen molar-refractivity contribution >= 4 is 15.7 Å². The van der Waals surface area contributed by atoms with E-state index in [1.807, 2.05) is 0 Å². The molecule has 1 aromatic rings. The van der Waals surface area contributed by atoms with Gasteiger partial charge < -0.3 is 5.11 Å². The van der Waals surface area contributed by atoms with E-state index in [0.29, 0.717) is 11.3 Å². The fraction of sp³-hybridized carbons (Fsp3) is 0.467. The quantitative estimate of drug-likeness (QED) is 0.839. The lowest BCUT2D eigenvalue weighted by atomic mass is 10.0. The van der Waals surface area contributed by atoms with Crippen molar-refractivity contribution in [2.75, 3.05) is 11.3 Å². The van der Waals surface area contributed by atoms with Crippen molar-refractivity contribution in [3.63, 3.8) is 0 Å². The molecule has 0 bridgehead atoms. The Morgan fingerprint density at radius 1 is 1.20 bits per heavy atom. The Morgan fingerprint density at radius 2 is 1.90 bits per heavy atom. The molecule has 0 unspecified atom stereocenters. The van der Waals surface area contributed by atoms with E-state index in [0.717, 1.165) is 32.1 Å². The van der Waals surface area contributed by atoms with Crippen LogP contribution in [0.4, 0.5) is 5.69 Å². The fourth-order valence-corrected chi connectivity index (χ4v) is 4.03. The molecule has 2 N–H and O–H groups in total. The van der Waals surface area contributed by atoms with Gasteiger partial charge in [-0.25, -0.2) is 8.42 Å². The molecule has 0 spiro atoms. The van der Waals surface area contributed by atoms with Gasteiger partial charge in [-0.3, -0.25) is 4.72 Å². The van der Waals surface area contributed by atoms with Gasteiger partial charge in [-0.1, -0.05) is 43.2 Å². The van der Waals surface area contributed by atoms with E-state index >= 15 is 0 Å². The van der Waals surface area contributed by atoms with Gasteiger partial charge in [0, 0.05) is 5.56 Å². The van der Waals surface area contributed by atoms with Gasteiger partial charge in [0.1, 0.15) is 6.61 Å². The number of anilines is 1. The Labute approximate surface area is 120 Å². The summed E-state index contributed by atoms with van der Waals surface area (Å²) in [6, 6.07) is 6.99. The molecule has 0 aliphatic heterocycles. The SMILES string of the molecule is O=S(=O)(Nc1ccccc1C#CCO)C1CCCCC1. The summed E-state index contributed by atoms with van der Waals surface area (Å²) in [6.07, 6.45) is 4.50. The summed E-state index contributed by atoms with van der Waals surface area (Å²) in [5.41, 5.74) is 1.07. The van der Waals surface area contributed by atoms with Crippen LogP contribution in [0.15, 0.2) is 24.3 Å². The van der Waals surface area contributed by atoms with Crippen LogP contribution in [0.1, 0.15) is 37.7 Å². The van der Waals surface area contributed by atoms with Gasteiger partial charge in [0.2, 0.25) is 10.0 Å². The molecular formula is C15H19NO3S. The molecule has 1 aliphatic rings. The summed E-state index contributed by atoms with van der Waals surface area (Å²) >= 11 is 0. The average molecular weight is 293 g/mol. The molecule has 0 heterocycles. The lowest BCUT2D eigenvalue weighted by molar-refractivity contribution is 0.350. The molecular weight excluding hydrogens is 274 g/mol. The first kappa shape index (κ1) is 14.9. The van der Waals surface area contributed by atoms with E-state index < -0.39 is 10.0 Å². The van der Waals surface area contributed by atoms with E-state index in [1.54, 1.807) is 24.3 Å². The van der Waals surface area contributed by atoms with Crippen molar-refractivity contribution in [2.24, 2.45) is 0 Å². The molecule has 108 valence electrons. The maximum absolute atomic E-state index is 12.4. The largest absolute Gasteiger partial charge is 0.384 e. The van der Waals surface area contributed by atoms with Gasteiger partial charge in [-0.15, -0.1) is 0 Å². The number of hydrogen-bond donors (Lipinski definition) is 2. The minimum Gasteiger partial charge on any atom is -0.384 e. The van der Waals surface area contributed by atoms with Crippen molar-refractivity contribution in [1.29, 1.82) is 0 Å². The number of rotatable bonds is 3. The molecule has 4 nitrogen and oxygen atoms in total. The summed E-state index contributed by atoms with van der Waals surface area (Å²) < 4.78 is 27.4. The van der Waals surface area contributed by atoms with E-state index in [1.165, 1.54) is 0 Å². The van der Waals surface area contributed by atoms with Crippen LogP contribution in [0.2, 0.25) is 0 Å². The maximum Gasteiger partial charge on any atom is 0.235 e. The molecule has 1 saturated carbocycles. The van der Waals surface area contributed by atoms with E-state index in [2.05, 4.69) is 16.6 Å². The van der Waals surface area contributed by atoms with Crippen molar-refractivity contribution in [3.05, 3.63) is 29.8 Å². The summed E-state index contributed by atoms with van der Waals surface area (Å²) in [5, 5.41) is 8.43.